The highest BCUT2D eigenvalue weighted by atomic mass is 32.2. The van der Waals surface area contributed by atoms with Gasteiger partial charge in [-0.1, -0.05) is 13.8 Å². The van der Waals surface area contributed by atoms with Gasteiger partial charge in [-0.2, -0.15) is 4.40 Å². The summed E-state index contributed by atoms with van der Waals surface area (Å²) in [6.45, 7) is 11.4. The van der Waals surface area contributed by atoms with Crippen LogP contribution in [0.5, 0.6) is 0 Å². The van der Waals surface area contributed by atoms with Crippen molar-refractivity contribution < 1.29 is 13.1 Å². The second kappa shape index (κ2) is 6.22. The molecular weight excluding hydrogens is 338 g/mol. The molecule has 1 heterocycles. The van der Waals surface area contributed by atoms with Gasteiger partial charge in [-0.05, 0) is 62.4 Å². The van der Waals surface area contributed by atoms with Crippen molar-refractivity contribution in [3.05, 3.63) is 24.2 Å². The fourth-order valence-electron chi connectivity index (χ4n) is 4.67. The molecule has 0 aromatic carbocycles. The van der Waals surface area contributed by atoms with Crippen LogP contribution in [0.2, 0.25) is 19.6 Å². The highest BCUT2D eigenvalue weighted by molar-refractivity contribution is 7.83. The lowest BCUT2D eigenvalue weighted by molar-refractivity contribution is 0.0287. The molecule has 0 amide bonds. The van der Waals surface area contributed by atoms with Gasteiger partial charge in [-0.3, -0.25) is 0 Å². The van der Waals surface area contributed by atoms with E-state index >= 15 is 0 Å². The molecule has 4 atom stereocenters. The number of rotatable bonds is 6. The first-order valence-corrected chi connectivity index (χ1v) is 13.5. The Balaban J connectivity index is 1.80. The molecule has 4 nitrogen and oxygen atoms in total. The van der Waals surface area contributed by atoms with Gasteiger partial charge in [0.15, 0.2) is 8.32 Å². The van der Waals surface area contributed by atoms with Crippen molar-refractivity contribution in [1.82, 2.24) is 0 Å². The molecule has 1 aromatic rings. The Morgan fingerprint density at radius 3 is 2.79 bits per heavy atom. The summed E-state index contributed by atoms with van der Waals surface area (Å²) in [5, 5.41) is 0. The Morgan fingerprint density at radius 2 is 2.21 bits per heavy atom. The summed E-state index contributed by atoms with van der Waals surface area (Å²) in [5.74, 6) is 1.90. The summed E-state index contributed by atoms with van der Waals surface area (Å²) in [6.07, 6.45) is 6.83. The molecule has 2 saturated carbocycles. The predicted molar refractivity (Wildman–Crippen MR) is 101 cm³/mol. The molecule has 2 fully saturated rings. The Kier molecular flexibility index (Phi) is 4.68. The molecule has 0 aliphatic heterocycles. The molecule has 0 saturated heterocycles. The summed E-state index contributed by atoms with van der Waals surface area (Å²) < 4.78 is 28.7. The van der Waals surface area contributed by atoms with E-state index in [0.29, 0.717) is 17.4 Å². The predicted octanol–water partition coefficient (Wildman–Crippen LogP) is 4.41. The Hall–Kier alpha value is -0.723. The van der Waals surface area contributed by atoms with Gasteiger partial charge in [-0.25, -0.2) is 4.21 Å². The second-order valence-corrected chi connectivity index (χ2v) is 14.4. The minimum absolute atomic E-state index is 0.0245. The molecule has 134 valence electrons. The maximum absolute atomic E-state index is 12.7. The molecule has 0 radical (unpaired) electrons. The van der Waals surface area contributed by atoms with E-state index in [2.05, 4.69) is 37.9 Å². The van der Waals surface area contributed by atoms with Gasteiger partial charge in [0, 0.05) is 5.41 Å². The monoisotopic (exact) mass is 367 g/mol. The third-order valence-electron chi connectivity index (χ3n) is 6.08. The van der Waals surface area contributed by atoms with Crippen molar-refractivity contribution in [1.29, 1.82) is 0 Å². The van der Waals surface area contributed by atoms with Crippen LogP contribution < -0.4 is 0 Å². The van der Waals surface area contributed by atoms with Crippen LogP contribution in [0, 0.1) is 16.7 Å². The van der Waals surface area contributed by atoms with Crippen LogP contribution >= 0.6 is 0 Å². The average molecular weight is 368 g/mol. The van der Waals surface area contributed by atoms with Crippen molar-refractivity contribution in [3.8, 4) is 0 Å². The zero-order valence-corrected chi connectivity index (χ0v) is 17.2. The third-order valence-corrected chi connectivity index (χ3v) is 8.17. The number of hydrogen-bond acceptors (Lipinski definition) is 3. The molecule has 6 heteroatoms. The van der Waals surface area contributed by atoms with E-state index in [0.717, 1.165) is 12.8 Å². The van der Waals surface area contributed by atoms with E-state index in [4.69, 9.17) is 8.84 Å². The Morgan fingerprint density at radius 1 is 1.46 bits per heavy atom. The number of nitrogens with zero attached hydrogens (tertiary/aromatic N) is 1. The number of hydrogen-bond donors (Lipinski definition) is 0. The van der Waals surface area contributed by atoms with Crippen LogP contribution in [0.25, 0.3) is 0 Å². The van der Waals surface area contributed by atoms with Crippen LogP contribution in [-0.4, -0.2) is 30.6 Å². The van der Waals surface area contributed by atoms with Gasteiger partial charge in [-0.15, -0.1) is 0 Å². The minimum atomic E-state index is -1.63. The molecular formula is C18H29NO3SSi. The van der Waals surface area contributed by atoms with E-state index < -0.39 is 19.3 Å². The van der Waals surface area contributed by atoms with E-state index in [9.17, 15) is 4.21 Å². The molecule has 1 unspecified atom stereocenters. The lowest BCUT2D eigenvalue weighted by Gasteiger charge is -2.43. The fourth-order valence-corrected chi connectivity index (χ4v) is 7.28. The van der Waals surface area contributed by atoms with Crippen molar-refractivity contribution >= 4 is 25.5 Å². The van der Waals surface area contributed by atoms with Gasteiger partial charge in [0.1, 0.15) is 16.7 Å². The largest absolute Gasteiger partial charge is 0.463 e. The van der Waals surface area contributed by atoms with Gasteiger partial charge in [0.2, 0.25) is 0 Å². The number of furan rings is 1. The molecule has 0 N–H and O–H groups in total. The van der Waals surface area contributed by atoms with Gasteiger partial charge >= 0.3 is 0 Å². The topological polar surface area (TPSA) is 51.8 Å². The zero-order chi connectivity index (χ0) is 17.6. The molecule has 0 spiro atoms. The van der Waals surface area contributed by atoms with E-state index in [1.807, 2.05) is 12.1 Å². The molecule has 2 aliphatic carbocycles. The fraction of sp³-hybridized carbons (Fsp3) is 0.722. The molecule has 24 heavy (non-hydrogen) atoms. The lowest BCUT2D eigenvalue weighted by Crippen LogP contribution is -2.47. The van der Waals surface area contributed by atoms with E-state index in [1.165, 1.54) is 6.42 Å². The van der Waals surface area contributed by atoms with Crippen molar-refractivity contribution in [3.63, 3.8) is 0 Å². The summed E-state index contributed by atoms with van der Waals surface area (Å²) in [4.78, 5) is 0. The average Bonchev–Trinajstić information content (AvgIpc) is 3.10. The van der Waals surface area contributed by atoms with Gasteiger partial charge in [0.25, 0.3) is 0 Å². The first-order chi connectivity index (χ1) is 11.1. The van der Waals surface area contributed by atoms with Crippen LogP contribution in [0.4, 0.5) is 0 Å². The Bertz CT molecular complexity index is 635. The molecule has 1 aromatic heterocycles. The van der Waals surface area contributed by atoms with Crippen LogP contribution in [0.3, 0.4) is 0 Å². The SMILES string of the molecule is CC1(C)[C@@H]2CC[C@@]1(CS(=O)/N=C/c1ccco1)[C@H](O[Si](C)(C)C)C2. The number of fused-ring (bicyclic) bond motifs is 2. The maximum Gasteiger partial charge on any atom is 0.184 e. The summed E-state index contributed by atoms with van der Waals surface area (Å²) in [5.41, 5.74) is 0.135. The molecule has 2 aliphatic rings. The van der Waals surface area contributed by atoms with E-state index in [1.54, 1.807) is 12.5 Å². The quantitative estimate of drug-likeness (QED) is 0.553. The first-order valence-electron chi connectivity index (χ1n) is 8.78. The summed E-state index contributed by atoms with van der Waals surface area (Å²) in [7, 11) is -2.89. The van der Waals surface area contributed by atoms with Crippen molar-refractivity contribution in [2.75, 3.05) is 5.75 Å². The van der Waals surface area contributed by atoms with Gasteiger partial charge in [0.05, 0.1) is 24.3 Å². The lowest BCUT2D eigenvalue weighted by atomic mass is 9.70. The second-order valence-electron chi connectivity index (χ2n) is 8.78. The van der Waals surface area contributed by atoms with E-state index in [-0.39, 0.29) is 16.9 Å². The third kappa shape index (κ3) is 3.20. The van der Waals surface area contributed by atoms with Crippen LogP contribution in [-0.2, 0) is 15.4 Å². The normalized spacial score (nSPS) is 33.4. The first kappa shape index (κ1) is 18.1. The zero-order valence-electron chi connectivity index (χ0n) is 15.4. The van der Waals surface area contributed by atoms with Crippen molar-refractivity contribution in [2.24, 2.45) is 21.1 Å². The molecule has 2 bridgehead atoms. The smallest absolute Gasteiger partial charge is 0.184 e. The highest BCUT2D eigenvalue weighted by Crippen LogP contribution is 2.67. The summed E-state index contributed by atoms with van der Waals surface area (Å²) in [6, 6.07) is 3.63. The Labute approximate surface area is 148 Å². The maximum atomic E-state index is 12.7. The van der Waals surface area contributed by atoms with Gasteiger partial charge < -0.3 is 8.84 Å². The standard InChI is InChI=1S/C18H29NO3SSi/c1-17(2)14-8-9-18(17,16(11-14)22-24(3,4)5)13-23(20)19-12-15-7-6-10-21-15/h6-7,10,12,14,16H,8-9,11,13H2,1-5H3/b19-12+/t14-,16-,18-,23?/m1/s1. The van der Waals surface area contributed by atoms with Crippen LogP contribution in [0.1, 0.15) is 38.9 Å². The van der Waals surface area contributed by atoms with Crippen molar-refractivity contribution in [2.45, 2.75) is 58.9 Å². The summed E-state index contributed by atoms with van der Waals surface area (Å²) >= 11 is 0. The molecule has 3 rings (SSSR count). The van der Waals surface area contributed by atoms with Crippen LogP contribution in [0.15, 0.2) is 27.2 Å². The minimum Gasteiger partial charge on any atom is -0.463 e. The highest BCUT2D eigenvalue weighted by Gasteiger charge is 2.65.